The van der Waals surface area contributed by atoms with Crippen LogP contribution in [0.25, 0.3) is 71.2 Å². The topological polar surface area (TPSA) is 43.3 Å². The Morgan fingerprint density at radius 3 is 1.67 bits per heavy atom. The third-order valence-electron chi connectivity index (χ3n) is 15.9. The summed E-state index contributed by atoms with van der Waals surface area (Å²) in [6.45, 7) is 4.62. The van der Waals surface area contributed by atoms with Crippen molar-refractivity contribution in [3.05, 3.63) is 88.5 Å². The van der Waals surface area contributed by atoms with Crippen molar-refractivity contribution in [1.29, 1.82) is 0 Å². The number of pyridine rings is 2. The fraction of sp³-hybridized carbons (Fsp3) is 0.417. The summed E-state index contributed by atoms with van der Waals surface area (Å²) >= 11 is 0. The van der Waals surface area contributed by atoms with Crippen molar-refractivity contribution in [1.82, 2.24) is 14.4 Å². The number of benzene rings is 3. The van der Waals surface area contributed by atoms with Crippen molar-refractivity contribution in [2.24, 2.45) is 23.7 Å². The standard InChI is InChI=1S/C48H43N3O/c1-22-6-5-7-23(2)36(22)44-43-41-34(21-50-46-31-18-26-11-27(19-31)15-29(14-26)38(41)46)51-33-20-49-45-30-16-24-10-25(17-30)13-28(12-24)37(45)40(33)42(47(43)51)39-32-8-3-4-9-35(32)52-48(39)44/h3-9,20-21,24-31H,10-19H2,1-2H3. The first-order valence-electron chi connectivity index (χ1n) is 20.5. The molecule has 4 nitrogen and oxygen atoms in total. The van der Waals surface area contributed by atoms with E-state index in [9.17, 15) is 0 Å². The molecule has 4 fully saturated rings. The average molecular weight is 678 g/mol. The van der Waals surface area contributed by atoms with E-state index < -0.39 is 0 Å². The molecular weight excluding hydrogens is 635 g/mol. The van der Waals surface area contributed by atoms with Gasteiger partial charge < -0.3 is 8.82 Å². The van der Waals surface area contributed by atoms with Gasteiger partial charge in [-0.25, -0.2) is 0 Å². The first-order valence-corrected chi connectivity index (χ1v) is 20.5. The summed E-state index contributed by atoms with van der Waals surface area (Å²) in [7, 11) is 0. The highest BCUT2D eigenvalue weighted by molar-refractivity contribution is 6.39. The molecule has 0 N–H and O–H groups in total. The second kappa shape index (κ2) is 9.37. The smallest absolute Gasteiger partial charge is 0.144 e. The van der Waals surface area contributed by atoms with Gasteiger partial charge in [0.15, 0.2) is 0 Å². The maximum absolute atomic E-state index is 7.27. The number of rotatable bonds is 1. The minimum atomic E-state index is 0.581. The number of para-hydroxylation sites is 1. The second-order valence-corrected chi connectivity index (χ2v) is 18.6. The monoisotopic (exact) mass is 677 g/mol. The third-order valence-corrected chi connectivity index (χ3v) is 15.9. The Morgan fingerprint density at radius 2 is 1.08 bits per heavy atom. The third kappa shape index (κ3) is 3.26. The van der Waals surface area contributed by atoms with Crippen LogP contribution in [0.15, 0.2) is 59.3 Å². The molecule has 8 bridgehead atoms. The molecule has 8 aromatic rings. The molecule has 8 aliphatic rings. The molecule has 0 spiro atoms. The second-order valence-electron chi connectivity index (χ2n) is 18.6. The maximum Gasteiger partial charge on any atom is 0.144 e. The molecule has 0 amide bonds. The highest BCUT2D eigenvalue weighted by atomic mass is 16.3. The van der Waals surface area contributed by atoms with Gasteiger partial charge >= 0.3 is 0 Å². The summed E-state index contributed by atoms with van der Waals surface area (Å²) in [5.74, 6) is 5.73. The van der Waals surface area contributed by atoms with Crippen LogP contribution in [0.3, 0.4) is 0 Å². The van der Waals surface area contributed by atoms with Crippen LogP contribution in [0.2, 0.25) is 0 Å². The maximum atomic E-state index is 7.27. The summed E-state index contributed by atoms with van der Waals surface area (Å²) in [6.07, 6.45) is 18.0. The fourth-order valence-electron chi connectivity index (χ4n) is 14.5. The average Bonchev–Trinajstić information content (AvgIpc) is 3.71. The van der Waals surface area contributed by atoms with E-state index in [1.807, 2.05) is 0 Å². The lowest BCUT2D eigenvalue weighted by molar-refractivity contribution is 0.165. The van der Waals surface area contributed by atoms with E-state index in [1.54, 1.807) is 11.1 Å². The van der Waals surface area contributed by atoms with Gasteiger partial charge in [0.05, 0.1) is 28.9 Å². The molecule has 0 saturated heterocycles. The van der Waals surface area contributed by atoms with Crippen LogP contribution in [0, 0.1) is 37.5 Å². The van der Waals surface area contributed by atoms with Crippen LogP contribution in [0.1, 0.15) is 122 Å². The van der Waals surface area contributed by atoms with Gasteiger partial charge in [0.2, 0.25) is 0 Å². The summed E-state index contributed by atoms with van der Waals surface area (Å²) in [5, 5.41) is 8.33. The molecule has 8 aliphatic carbocycles. The molecule has 52 heavy (non-hydrogen) atoms. The zero-order valence-corrected chi connectivity index (χ0v) is 30.1. The number of furan rings is 1. The zero-order valence-electron chi connectivity index (χ0n) is 30.1. The van der Waals surface area contributed by atoms with Gasteiger partial charge in [0.25, 0.3) is 0 Å². The Morgan fingerprint density at radius 1 is 0.538 bits per heavy atom. The van der Waals surface area contributed by atoms with Crippen molar-refractivity contribution in [3.8, 4) is 11.1 Å². The quantitative estimate of drug-likeness (QED) is 0.174. The number of aromatic nitrogens is 3. The van der Waals surface area contributed by atoms with E-state index in [2.05, 4.69) is 73.1 Å². The molecule has 4 heteroatoms. The minimum absolute atomic E-state index is 0.581. The Hall–Kier alpha value is -4.44. The SMILES string of the molecule is Cc1cccc(C)c1-c1c2oc3ccccc3c2c2c3c4c(ncc3n3c5cnc6c(c5c1c23)C1CC2CC(CC6C2)C1)C1CC2CC(C1)CC4C2. The van der Waals surface area contributed by atoms with Crippen LogP contribution >= 0.6 is 0 Å². The van der Waals surface area contributed by atoms with Crippen LogP contribution < -0.4 is 0 Å². The van der Waals surface area contributed by atoms with Crippen molar-refractivity contribution in [2.45, 2.75) is 102 Å². The predicted octanol–water partition coefficient (Wildman–Crippen LogP) is 12.6. The van der Waals surface area contributed by atoms with Crippen molar-refractivity contribution in [3.63, 3.8) is 0 Å². The number of hydrogen-bond acceptors (Lipinski definition) is 3. The van der Waals surface area contributed by atoms with Gasteiger partial charge in [-0.15, -0.1) is 0 Å². The van der Waals surface area contributed by atoms with E-state index in [0.717, 1.165) is 34.8 Å². The van der Waals surface area contributed by atoms with E-state index >= 15 is 0 Å². The van der Waals surface area contributed by atoms with E-state index in [0.29, 0.717) is 23.7 Å². The molecule has 4 atom stereocenters. The first kappa shape index (κ1) is 28.1. The highest BCUT2D eigenvalue weighted by Gasteiger charge is 2.47. The van der Waals surface area contributed by atoms with Crippen molar-refractivity contribution in [2.75, 3.05) is 0 Å². The summed E-state index contributed by atoms with van der Waals surface area (Å²) in [5.41, 5.74) is 17.3. The van der Waals surface area contributed by atoms with Crippen LogP contribution in [0.4, 0.5) is 0 Å². The highest BCUT2D eigenvalue weighted by Crippen LogP contribution is 2.62. The molecule has 5 heterocycles. The molecule has 5 aromatic heterocycles. The number of aryl methyl sites for hydroxylation is 2. The first-order chi connectivity index (χ1) is 25.6. The van der Waals surface area contributed by atoms with Gasteiger partial charge in [-0.05, 0) is 147 Å². The Bertz CT molecular complexity index is 2860. The van der Waals surface area contributed by atoms with Crippen LogP contribution in [-0.2, 0) is 0 Å². The van der Waals surface area contributed by atoms with E-state index in [1.165, 1.54) is 147 Å². The number of hydrogen-bond donors (Lipinski definition) is 0. The number of fused-ring (bicyclic) bond motifs is 10. The zero-order chi connectivity index (χ0) is 33.7. The van der Waals surface area contributed by atoms with Crippen molar-refractivity contribution < 1.29 is 4.42 Å². The van der Waals surface area contributed by atoms with Gasteiger partial charge in [-0.3, -0.25) is 9.97 Å². The van der Waals surface area contributed by atoms with Crippen LogP contribution in [-0.4, -0.2) is 14.4 Å². The Kier molecular flexibility index (Phi) is 5.07. The lowest BCUT2D eigenvalue weighted by Crippen LogP contribution is -2.25. The molecular formula is C48H43N3O. The lowest BCUT2D eigenvalue weighted by atomic mass is 9.67. The van der Waals surface area contributed by atoms with E-state index in [-0.39, 0.29) is 0 Å². The normalized spacial score (nSPS) is 30.1. The largest absolute Gasteiger partial charge is 0.455 e. The molecule has 4 unspecified atom stereocenters. The van der Waals surface area contributed by atoms with Crippen molar-refractivity contribution >= 4 is 60.0 Å². The molecule has 0 radical (unpaired) electrons. The Labute approximate surface area is 302 Å². The molecule has 0 aliphatic heterocycles. The van der Waals surface area contributed by atoms with Crippen LogP contribution in [0.5, 0.6) is 0 Å². The summed E-state index contributed by atoms with van der Waals surface area (Å²) < 4.78 is 9.94. The summed E-state index contributed by atoms with van der Waals surface area (Å²) in [6, 6.07) is 15.7. The van der Waals surface area contributed by atoms with Gasteiger partial charge in [0.1, 0.15) is 11.2 Å². The number of nitrogens with zero attached hydrogens (tertiary/aromatic N) is 3. The fourth-order valence-corrected chi connectivity index (χ4v) is 14.5. The predicted molar refractivity (Wildman–Crippen MR) is 210 cm³/mol. The molecule has 256 valence electrons. The lowest BCUT2D eigenvalue weighted by Gasteiger charge is -2.38. The van der Waals surface area contributed by atoms with E-state index in [4.69, 9.17) is 14.4 Å². The van der Waals surface area contributed by atoms with Gasteiger partial charge in [-0.2, -0.15) is 0 Å². The molecule has 4 saturated carbocycles. The Balaban J connectivity index is 1.27. The summed E-state index contributed by atoms with van der Waals surface area (Å²) in [4.78, 5) is 11.1. The minimum Gasteiger partial charge on any atom is -0.455 e. The van der Waals surface area contributed by atoms with Gasteiger partial charge in [0, 0.05) is 61.1 Å². The van der Waals surface area contributed by atoms with Gasteiger partial charge in [-0.1, -0.05) is 36.4 Å². The molecule has 16 rings (SSSR count). The molecule has 3 aromatic carbocycles.